The van der Waals surface area contributed by atoms with Crippen LogP contribution in [0.5, 0.6) is 0 Å². The van der Waals surface area contributed by atoms with Gasteiger partial charge in [-0.05, 0) is 24.3 Å². The molecule has 1 heterocycles. The molecule has 4 nitrogen and oxygen atoms in total. The predicted molar refractivity (Wildman–Crippen MR) is 92.0 cm³/mol. The van der Waals surface area contributed by atoms with Gasteiger partial charge in [-0.25, -0.2) is 4.39 Å². The quantitative estimate of drug-likeness (QED) is 0.620. The second kappa shape index (κ2) is 7.85. The molecule has 1 aliphatic heterocycles. The van der Waals surface area contributed by atoms with Gasteiger partial charge in [-0.2, -0.15) is 0 Å². The van der Waals surface area contributed by atoms with E-state index in [0.717, 1.165) is 0 Å². The zero-order valence-electron chi connectivity index (χ0n) is 13.7. The molecule has 0 atom stereocenters. The largest absolute Gasteiger partial charge is 0.378 e. The minimum absolute atomic E-state index is 0.210. The van der Waals surface area contributed by atoms with Crippen molar-refractivity contribution in [3.8, 4) is 0 Å². The Kier molecular flexibility index (Phi) is 5.36. The van der Waals surface area contributed by atoms with Crippen molar-refractivity contribution < 1.29 is 18.7 Å². The zero-order valence-corrected chi connectivity index (χ0v) is 13.7. The van der Waals surface area contributed by atoms with Crippen molar-refractivity contribution in [2.75, 3.05) is 26.3 Å². The van der Waals surface area contributed by atoms with E-state index >= 15 is 0 Å². The van der Waals surface area contributed by atoms with Crippen LogP contribution in [-0.2, 0) is 4.74 Å². The van der Waals surface area contributed by atoms with Crippen LogP contribution in [0.15, 0.2) is 66.4 Å². The van der Waals surface area contributed by atoms with Crippen LogP contribution >= 0.6 is 0 Å². The molecule has 1 aliphatic rings. The van der Waals surface area contributed by atoms with Gasteiger partial charge in [0.2, 0.25) is 5.78 Å². The number of hydrogen-bond acceptors (Lipinski definition) is 4. The van der Waals surface area contributed by atoms with Gasteiger partial charge >= 0.3 is 0 Å². The Morgan fingerprint density at radius 1 is 0.920 bits per heavy atom. The molecule has 0 unspecified atom stereocenters. The van der Waals surface area contributed by atoms with E-state index in [2.05, 4.69) is 0 Å². The second-order valence-corrected chi connectivity index (χ2v) is 5.70. The maximum absolute atomic E-state index is 13.1. The van der Waals surface area contributed by atoms with Crippen molar-refractivity contribution in [3.05, 3.63) is 83.3 Å². The summed E-state index contributed by atoms with van der Waals surface area (Å²) >= 11 is 0. The minimum Gasteiger partial charge on any atom is -0.378 e. The molecule has 128 valence electrons. The summed E-state index contributed by atoms with van der Waals surface area (Å²) in [7, 11) is 0. The molecule has 3 rings (SSSR count). The van der Waals surface area contributed by atoms with E-state index in [9.17, 15) is 14.0 Å². The lowest BCUT2D eigenvalue weighted by molar-refractivity contribution is 0.0504. The minimum atomic E-state index is -0.408. The lowest BCUT2D eigenvalue weighted by atomic mass is 10.0. The number of benzene rings is 2. The van der Waals surface area contributed by atoms with Crippen molar-refractivity contribution in [1.29, 1.82) is 0 Å². The van der Waals surface area contributed by atoms with Crippen molar-refractivity contribution in [2.24, 2.45) is 0 Å². The average Bonchev–Trinajstić information content (AvgIpc) is 2.67. The molecule has 25 heavy (non-hydrogen) atoms. The first-order valence-corrected chi connectivity index (χ1v) is 8.09. The average molecular weight is 339 g/mol. The number of carbonyl (C=O) groups is 2. The first-order chi connectivity index (χ1) is 12.1. The van der Waals surface area contributed by atoms with Crippen molar-refractivity contribution in [1.82, 2.24) is 4.90 Å². The summed E-state index contributed by atoms with van der Waals surface area (Å²) in [6.07, 6.45) is 1.34. The van der Waals surface area contributed by atoms with Gasteiger partial charge in [0.1, 0.15) is 5.82 Å². The van der Waals surface area contributed by atoms with Crippen LogP contribution in [0.3, 0.4) is 0 Å². The Hall–Kier alpha value is -2.79. The number of nitrogens with zero attached hydrogens (tertiary/aromatic N) is 1. The number of allylic oxidation sites excluding steroid dienone is 2. The van der Waals surface area contributed by atoms with E-state index in [4.69, 9.17) is 4.74 Å². The Balaban J connectivity index is 1.93. The maximum Gasteiger partial charge on any atom is 0.209 e. The number of hydrogen-bond donors (Lipinski definition) is 0. The second-order valence-electron chi connectivity index (χ2n) is 5.70. The van der Waals surface area contributed by atoms with Crippen molar-refractivity contribution in [2.45, 2.75) is 0 Å². The van der Waals surface area contributed by atoms with Crippen LogP contribution in [0.1, 0.15) is 20.7 Å². The Morgan fingerprint density at radius 3 is 2.20 bits per heavy atom. The predicted octanol–water partition coefficient (Wildman–Crippen LogP) is 3.11. The summed E-state index contributed by atoms with van der Waals surface area (Å²) in [6.45, 7) is 2.09. The van der Waals surface area contributed by atoms with Gasteiger partial charge in [0, 0.05) is 30.3 Å². The number of morpholine rings is 1. The molecule has 0 radical (unpaired) electrons. The normalized spacial score (nSPS) is 15.1. The number of ether oxygens (including phenoxy) is 1. The molecule has 0 amide bonds. The number of Topliss-reactive ketones (excluding diaryl/α,β-unsaturated/α-hetero) is 1. The first kappa shape index (κ1) is 17.0. The first-order valence-electron chi connectivity index (χ1n) is 8.09. The summed E-state index contributed by atoms with van der Waals surface area (Å²) < 4.78 is 18.4. The van der Waals surface area contributed by atoms with E-state index in [1.54, 1.807) is 24.3 Å². The fourth-order valence-corrected chi connectivity index (χ4v) is 2.66. The van der Waals surface area contributed by atoms with Crippen LogP contribution in [0, 0.1) is 5.82 Å². The highest BCUT2D eigenvalue weighted by Gasteiger charge is 2.22. The number of rotatable bonds is 5. The summed E-state index contributed by atoms with van der Waals surface area (Å²) in [6, 6.07) is 14.1. The van der Waals surface area contributed by atoms with Crippen LogP contribution in [0.4, 0.5) is 4.39 Å². The molecule has 0 aliphatic carbocycles. The molecule has 1 fully saturated rings. The third-order valence-electron chi connectivity index (χ3n) is 4.02. The molecule has 1 saturated heterocycles. The monoisotopic (exact) mass is 339 g/mol. The van der Waals surface area contributed by atoms with E-state index in [0.29, 0.717) is 43.1 Å². The van der Waals surface area contributed by atoms with Crippen LogP contribution in [-0.4, -0.2) is 42.8 Å². The molecule has 2 aromatic carbocycles. The number of halogens is 1. The third kappa shape index (κ3) is 4.19. The molecule has 0 aromatic heterocycles. The number of carbonyl (C=O) groups excluding carboxylic acids is 2. The van der Waals surface area contributed by atoms with Gasteiger partial charge in [0.05, 0.1) is 18.9 Å². The summed E-state index contributed by atoms with van der Waals surface area (Å²) in [5.41, 5.74) is 1.20. The van der Waals surface area contributed by atoms with Crippen molar-refractivity contribution >= 4 is 11.6 Å². The van der Waals surface area contributed by atoms with E-state index in [-0.39, 0.29) is 11.6 Å². The third-order valence-corrected chi connectivity index (χ3v) is 4.02. The standard InChI is InChI=1S/C20H18FNO3/c21-17-8-6-15(7-9-17)19(23)14-18(22-10-12-25-13-11-22)20(24)16-4-2-1-3-5-16/h1-9,14H,10-13H2. The van der Waals surface area contributed by atoms with Gasteiger partial charge in [-0.1, -0.05) is 30.3 Å². The fraction of sp³-hybridized carbons (Fsp3) is 0.200. The van der Waals surface area contributed by atoms with Gasteiger partial charge in [0.25, 0.3) is 0 Å². The maximum atomic E-state index is 13.1. The summed E-state index contributed by atoms with van der Waals surface area (Å²) in [5.74, 6) is -0.946. The molecule has 2 aromatic rings. The molecular formula is C20H18FNO3. The topological polar surface area (TPSA) is 46.6 Å². The summed E-state index contributed by atoms with van der Waals surface area (Å²) in [4.78, 5) is 27.3. The van der Waals surface area contributed by atoms with Gasteiger partial charge in [0.15, 0.2) is 5.78 Å². The molecule has 0 N–H and O–H groups in total. The molecule has 0 saturated carbocycles. The molecule has 5 heteroatoms. The van der Waals surface area contributed by atoms with E-state index in [1.807, 2.05) is 11.0 Å². The van der Waals surface area contributed by atoms with Gasteiger partial charge in [-0.15, -0.1) is 0 Å². The van der Waals surface area contributed by atoms with Crippen LogP contribution < -0.4 is 0 Å². The smallest absolute Gasteiger partial charge is 0.209 e. The Morgan fingerprint density at radius 2 is 1.56 bits per heavy atom. The van der Waals surface area contributed by atoms with Crippen LogP contribution in [0.2, 0.25) is 0 Å². The summed E-state index contributed by atoms with van der Waals surface area (Å²) in [5, 5.41) is 0. The molecular weight excluding hydrogens is 321 g/mol. The highest BCUT2D eigenvalue weighted by Crippen LogP contribution is 2.16. The Labute approximate surface area is 145 Å². The van der Waals surface area contributed by atoms with Crippen molar-refractivity contribution in [3.63, 3.8) is 0 Å². The van der Waals surface area contributed by atoms with Gasteiger partial charge < -0.3 is 9.64 Å². The SMILES string of the molecule is O=C(C=C(C(=O)c1ccccc1)N1CCOCC1)c1ccc(F)cc1. The Bertz CT molecular complexity index is 778. The highest BCUT2D eigenvalue weighted by atomic mass is 19.1. The van der Waals surface area contributed by atoms with Crippen LogP contribution in [0.25, 0.3) is 0 Å². The molecule has 0 spiro atoms. The highest BCUT2D eigenvalue weighted by molar-refractivity contribution is 6.14. The number of ketones is 2. The van der Waals surface area contributed by atoms with Gasteiger partial charge in [-0.3, -0.25) is 9.59 Å². The lowest BCUT2D eigenvalue weighted by Gasteiger charge is -2.30. The lowest BCUT2D eigenvalue weighted by Crippen LogP contribution is -2.38. The molecule has 0 bridgehead atoms. The van der Waals surface area contributed by atoms with E-state index in [1.165, 1.54) is 30.3 Å². The van der Waals surface area contributed by atoms with E-state index < -0.39 is 5.82 Å². The fourth-order valence-electron chi connectivity index (χ4n) is 2.66. The zero-order chi connectivity index (χ0) is 17.6.